The van der Waals surface area contributed by atoms with Gasteiger partial charge in [0.05, 0.1) is 18.4 Å². The van der Waals surface area contributed by atoms with Crippen LogP contribution < -0.4 is 0 Å². The molecule has 0 spiro atoms. The summed E-state index contributed by atoms with van der Waals surface area (Å²) in [5, 5.41) is 7.87. The topological polar surface area (TPSA) is 87.7 Å². The number of hydrogen-bond donors (Lipinski definition) is 1. The first kappa shape index (κ1) is 21.9. The van der Waals surface area contributed by atoms with Gasteiger partial charge in [0.15, 0.2) is 17.3 Å². The van der Waals surface area contributed by atoms with Gasteiger partial charge >= 0.3 is 0 Å². The highest BCUT2D eigenvalue weighted by Gasteiger charge is 2.37. The molecule has 0 aromatic carbocycles. The van der Waals surface area contributed by atoms with Crippen LogP contribution in [-0.4, -0.2) is 54.7 Å². The number of likely N-dealkylation sites (tertiary alicyclic amines) is 1. The van der Waals surface area contributed by atoms with Gasteiger partial charge in [-0.15, -0.1) is 0 Å². The molecule has 1 N–H and O–H groups in total. The molecule has 2 fully saturated rings. The molecular weight excluding hydrogens is 426 g/mol. The predicted molar refractivity (Wildman–Crippen MR) is 119 cm³/mol. The van der Waals surface area contributed by atoms with Crippen LogP contribution in [0.5, 0.6) is 0 Å². The van der Waals surface area contributed by atoms with Gasteiger partial charge in [0, 0.05) is 31.0 Å². The number of H-pyrrole nitrogens is 1. The number of aromatic nitrogens is 5. The first-order valence-corrected chi connectivity index (χ1v) is 11.7. The van der Waals surface area contributed by atoms with E-state index in [9.17, 15) is 13.6 Å². The van der Waals surface area contributed by atoms with E-state index in [4.69, 9.17) is 0 Å². The molecule has 4 heterocycles. The second-order valence-electron chi connectivity index (χ2n) is 9.75. The van der Waals surface area contributed by atoms with E-state index in [1.807, 2.05) is 12.1 Å². The first-order valence-electron chi connectivity index (χ1n) is 11.7. The summed E-state index contributed by atoms with van der Waals surface area (Å²) >= 11 is 0. The van der Waals surface area contributed by atoms with Crippen molar-refractivity contribution in [2.45, 2.75) is 57.5 Å². The molecule has 9 heteroatoms. The van der Waals surface area contributed by atoms with Crippen molar-refractivity contribution in [3.05, 3.63) is 36.0 Å². The number of pyridine rings is 1. The van der Waals surface area contributed by atoms with Crippen LogP contribution in [-0.2, 0) is 11.2 Å². The van der Waals surface area contributed by atoms with Gasteiger partial charge in [-0.25, -0.2) is 23.7 Å². The summed E-state index contributed by atoms with van der Waals surface area (Å²) in [6, 6.07) is 3.69. The van der Waals surface area contributed by atoms with Crippen molar-refractivity contribution in [3.63, 3.8) is 0 Å². The Morgan fingerprint density at radius 1 is 1.30 bits per heavy atom. The minimum atomic E-state index is -1.27. The smallest absolute Gasteiger partial charge is 0.222 e. The second-order valence-corrected chi connectivity index (χ2v) is 9.75. The molecule has 1 saturated carbocycles. The Hall–Kier alpha value is -2.97. The molecule has 3 atom stereocenters. The van der Waals surface area contributed by atoms with Crippen LogP contribution >= 0.6 is 0 Å². The first-order chi connectivity index (χ1) is 15.9. The van der Waals surface area contributed by atoms with Crippen LogP contribution in [0.4, 0.5) is 8.78 Å². The molecule has 174 valence electrons. The zero-order chi connectivity index (χ0) is 23.0. The van der Waals surface area contributed by atoms with E-state index in [1.54, 1.807) is 18.0 Å². The zero-order valence-electron chi connectivity index (χ0n) is 18.7. The number of aromatic amines is 1. The summed E-state index contributed by atoms with van der Waals surface area (Å²) in [5.41, 5.74) is 0.296. The number of rotatable bonds is 5. The van der Waals surface area contributed by atoms with Gasteiger partial charge in [-0.2, -0.15) is 5.10 Å². The largest absolute Gasteiger partial charge is 0.339 e. The van der Waals surface area contributed by atoms with Crippen molar-refractivity contribution in [1.82, 2.24) is 30.0 Å². The van der Waals surface area contributed by atoms with E-state index in [0.29, 0.717) is 48.7 Å². The van der Waals surface area contributed by atoms with Crippen molar-refractivity contribution in [1.29, 1.82) is 0 Å². The van der Waals surface area contributed by atoms with Crippen LogP contribution in [0.3, 0.4) is 0 Å². The standard InChI is InChI=1S/C24H28F2N6O/c1-24(26)7-9-32(14-24)20(33)12-16-5-2-4-15(10-16)11-19-18(25)13-28-23(29-19)21-17-6-3-8-27-22(17)31-30-21/h3,6,8,13,15-16H,2,4-5,7,9-12,14H2,1H3,(H,27,30,31)/t15?,16-,24?/m1/s1. The van der Waals surface area contributed by atoms with Crippen molar-refractivity contribution >= 4 is 16.9 Å². The molecule has 1 aliphatic heterocycles. The maximum Gasteiger partial charge on any atom is 0.222 e. The highest BCUT2D eigenvalue weighted by molar-refractivity contribution is 5.88. The Kier molecular flexibility index (Phi) is 5.80. The SMILES string of the molecule is CC1(F)CCN(C(=O)C[C@@H]2CCCC(Cc3nc(-c4[nH]nc5ncccc45)ncc3F)C2)C1. The number of alkyl halides is 1. The number of amides is 1. The average molecular weight is 455 g/mol. The normalized spacial score (nSPS) is 25.6. The second kappa shape index (κ2) is 8.76. The van der Waals surface area contributed by atoms with Crippen LogP contribution in [0, 0.1) is 17.7 Å². The molecule has 2 aliphatic rings. The number of carbonyl (C=O) groups excluding carboxylic acids is 1. The molecule has 1 amide bonds. The lowest BCUT2D eigenvalue weighted by molar-refractivity contribution is -0.132. The van der Waals surface area contributed by atoms with Crippen molar-refractivity contribution in [3.8, 4) is 11.5 Å². The lowest BCUT2D eigenvalue weighted by Gasteiger charge is -2.30. The number of carbonyl (C=O) groups is 1. The molecule has 1 saturated heterocycles. The maximum absolute atomic E-state index is 14.6. The lowest BCUT2D eigenvalue weighted by Crippen LogP contribution is -2.34. The van der Waals surface area contributed by atoms with Gasteiger partial charge in [-0.1, -0.05) is 12.8 Å². The quantitative estimate of drug-likeness (QED) is 0.623. The van der Waals surface area contributed by atoms with Gasteiger partial charge in [-0.3, -0.25) is 9.89 Å². The molecule has 0 bridgehead atoms. The Morgan fingerprint density at radius 2 is 2.15 bits per heavy atom. The number of nitrogens with zero attached hydrogens (tertiary/aromatic N) is 5. The Balaban J connectivity index is 1.26. The average Bonchev–Trinajstić information content (AvgIpc) is 3.39. The number of halogens is 2. The van der Waals surface area contributed by atoms with Crippen LogP contribution in [0.2, 0.25) is 0 Å². The number of hydrogen-bond acceptors (Lipinski definition) is 5. The van der Waals surface area contributed by atoms with Gasteiger partial charge in [0.25, 0.3) is 0 Å². The third kappa shape index (κ3) is 4.72. The third-order valence-electron chi connectivity index (χ3n) is 6.98. The highest BCUT2D eigenvalue weighted by Crippen LogP contribution is 2.35. The number of nitrogens with one attached hydrogen (secondary N) is 1. The van der Waals surface area contributed by atoms with Gasteiger partial charge < -0.3 is 4.90 Å². The molecule has 7 nitrogen and oxygen atoms in total. The third-order valence-corrected chi connectivity index (χ3v) is 6.98. The van der Waals surface area contributed by atoms with Crippen LogP contribution in [0.15, 0.2) is 24.5 Å². The monoisotopic (exact) mass is 454 g/mol. The molecule has 33 heavy (non-hydrogen) atoms. The lowest BCUT2D eigenvalue weighted by atomic mass is 9.77. The van der Waals surface area contributed by atoms with E-state index in [1.165, 1.54) is 6.20 Å². The number of fused-ring (bicyclic) bond motifs is 1. The van der Waals surface area contributed by atoms with Crippen molar-refractivity contribution in [2.24, 2.45) is 11.8 Å². The fourth-order valence-corrected chi connectivity index (χ4v) is 5.25. The van der Waals surface area contributed by atoms with Crippen LogP contribution in [0.1, 0.15) is 51.1 Å². The molecule has 1 aliphatic carbocycles. The maximum atomic E-state index is 14.6. The minimum Gasteiger partial charge on any atom is -0.339 e. The Labute approximate surface area is 191 Å². The fraction of sp³-hybridized carbons (Fsp3) is 0.542. The molecule has 2 unspecified atom stereocenters. The molecule has 5 rings (SSSR count). The molecule has 0 radical (unpaired) electrons. The summed E-state index contributed by atoms with van der Waals surface area (Å²) < 4.78 is 28.7. The summed E-state index contributed by atoms with van der Waals surface area (Å²) in [7, 11) is 0. The van der Waals surface area contributed by atoms with E-state index in [2.05, 4.69) is 25.1 Å². The summed E-state index contributed by atoms with van der Waals surface area (Å²) in [4.78, 5) is 27.2. The van der Waals surface area contributed by atoms with Crippen LogP contribution in [0.25, 0.3) is 22.6 Å². The molecule has 3 aromatic rings. The van der Waals surface area contributed by atoms with Crippen molar-refractivity contribution in [2.75, 3.05) is 13.1 Å². The summed E-state index contributed by atoms with van der Waals surface area (Å²) in [6.45, 7) is 2.24. The predicted octanol–water partition coefficient (Wildman–Crippen LogP) is 4.25. The van der Waals surface area contributed by atoms with E-state index < -0.39 is 11.5 Å². The molecular formula is C24H28F2N6O. The zero-order valence-corrected chi connectivity index (χ0v) is 18.7. The Bertz CT molecular complexity index is 1160. The fourth-order valence-electron chi connectivity index (χ4n) is 5.25. The summed E-state index contributed by atoms with van der Waals surface area (Å²) in [5.74, 6) is 0.511. The van der Waals surface area contributed by atoms with Gasteiger partial charge in [0.2, 0.25) is 5.91 Å². The van der Waals surface area contributed by atoms with Gasteiger partial charge in [0.1, 0.15) is 11.4 Å². The highest BCUT2D eigenvalue weighted by atomic mass is 19.1. The van der Waals surface area contributed by atoms with Crippen molar-refractivity contribution < 1.29 is 13.6 Å². The molecule has 3 aromatic heterocycles. The Morgan fingerprint density at radius 3 is 2.97 bits per heavy atom. The minimum absolute atomic E-state index is 0.0391. The van der Waals surface area contributed by atoms with Gasteiger partial charge in [-0.05, 0) is 50.2 Å². The van der Waals surface area contributed by atoms with E-state index in [0.717, 1.165) is 31.1 Å². The van der Waals surface area contributed by atoms with E-state index in [-0.39, 0.29) is 24.3 Å². The summed E-state index contributed by atoms with van der Waals surface area (Å²) in [6.07, 6.45) is 8.03. The van der Waals surface area contributed by atoms with E-state index >= 15 is 0 Å².